The van der Waals surface area contributed by atoms with Crippen molar-refractivity contribution in [3.63, 3.8) is 0 Å². The number of hydrogen-bond donors (Lipinski definition) is 2. The Kier molecular flexibility index (Phi) is 4.04. The molecule has 2 rings (SSSR count). The number of rotatable bonds is 5. The van der Waals surface area contributed by atoms with E-state index >= 15 is 0 Å². The van der Waals surface area contributed by atoms with Crippen molar-refractivity contribution in [2.45, 2.75) is 31.3 Å². The topological polar surface area (TPSA) is 78.1 Å². The van der Waals surface area contributed by atoms with Crippen LogP contribution in [0.15, 0.2) is 17.3 Å². The molecule has 1 aliphatic heterocycles. The Morgan fingerprint density at radius 2 is 2.39 bits per heavy atom. The summed E-state index contributed by atoms with van der Waals surface area (Å²) in [5, 5.41) is 6.25. The number of nitrogens with zero attached hydrogens (tertiary/aromatic N) is 2. The SMILES string of the molecule is CC(C)N1CCC(CNS(=O)(=O)c2ccn[nH]2)C1. The molecular formula is C11H20N4O2S. The summed E-state index contributed by atoms with van der Waals surface area (Å²) in [4.78, 5) is 2.37. The van der Waals surface area contributed by atoms with Gasteiger partial charge in [-0.25, -0.2) is 13.1 Å². The minimum absolute atomic E-state index is 0.126. The summed E-state index contributed by atoms with van der Waals surface area (Å²) < 4.78 is 26.4. The van der Waals surface area contributed by atoms with Crippen molar-refractivity contribution in [1.29, 1.82) is 0 Å². The zero-order valence-corrected chi connectivity index (χ0v) is 11.6. The first-order valence-corrected chi connectivity index (χ1v) is 7.70. The molecule has 18 heavy (non-hydrogen) atoms. The first kappa shape index (κ1) is 13.5. The molecular weight excluding hydrogens is 252 g/mol. The minimum Gasteiger partial charge on any atom is -0.301 e. The Hall–Kier alpha value is -0.920. The summed E-state index contributed by atoms with van der Waals surface area (Å²) in [6.45, 7) is 6.83. The Bertz CT molecular complexity index is 469. The number of nitrogens with one attached hydrogen (secondary N) is 2. The monoisotopic (exact) mass is 272 g/mol. The van der Waals surface area contributed by atoms with Crippen molar-refractivity contribution < 1.29 is 8.42 Å². The largest absolute Gasteiger partial charge is 0.301 e. The summed E-state index contributed by atoms with van der Waals surface area (Å²) in [6, 6.07) is 1.98. The molecule has 1 atom stereocenters. The van der Waals surface area contributed by atoms with Crippen LogP contribution in [0.1, 0.15) is 20.3 Å². The molecule has 102 valence electrons. The quantitative estimate of drug-likeness (QED) is 0.814. The van der Waals surface area contributed by atoms with E-state index in [9.17, 15) is 8.42 Å². The standard InChI is InChI=1S/C11H20N4O2S/c1-9(2)15-6-4-10(8-15)7-13-18(16,17)11-3-5-12-14-11/h3,5,9-10,13H,4,6-8H2,1-2H3,(H,12,14). The van der Waals surface area contributed by atoms with Gasteiger partial charge in [0, 0.05) is 19.1 Å². The van der Waals surface area contributed by atoms with E-state index in [0.29, 0.717) is 18.5 Å². The van der Waals surface area contributed by atoms with Crippen LogP contribution in [0, 0.1) is 5.92 Å². The lowest BCUT2D eigenvalue weighted by Crippen LogP contribution is -2.33. The summed E-state index contributed by atoms with van der Waals surface area (Å²) in [7, 11) is -3.43. The molecule has 0 spiro atoms. The van der Waals surface area contributed by atoms with Gasteiger partial charge < -0.3 is 4.90 Å². The molecule has 0 saturated carbocycles. The molecule has 2 heterocycles. The predicted molar refractivity (Wildman–Crippen MR) is 68.6 cm³/mol. The molecule has 1 fully saturated rings. The number of H-pyrrole nitrogens is 1. The number of aromatic amines is 1. The third kappa shape index (κ3) is 3.09. The average molecular weight is 272 g/mol. The third-order valence-electron chi connectivity index (χ3n) is 3.37. The van der Waals surface area contributed by atoms with Gasteiger partial charge >= 0.3 is 0 Å². The van der Waals surface area contributed by atoms with E-state index in [0.717, 1.165) is 19.5 Å². The Balaban J connectivity index is 1.86. The van der Waals surface area contributed by atoms with Crippen molar-refractivity contribution in [2.24, 2.45) is 5.92 Å². The zero-order valence-electron chi connectivity index (χ0n) is 10.8. The van der Waals surface area contributed by atoms with Crippen LogP contribution in [0.5, 0.6) is 0 Å². The summed E-state index contributed by atoms with van der Waals surface area (Å²) >= 11 is 0. The highest BCUT2D eigenvalue weighted by Gasteiger charge is 2.26. The van der Waals surface area contributed by atoms with E-state index in [2.05, 4.69) is 33.7 Å². The Morgan fingerprint density at radius 3 is 2.94 bits per heavy atom. The third-order valence-corrected chi connectivity index (χ3v) is 4.73. The summed E-state index contributed by atoms with van der Waals surface area (Å²) in [6.07, 6.45) is 2.48. The number of likely N-dealkylation sites (tertiary alicyclic amines) is 1. The maximum atomic E-state index is 11.9. The van der Waals surface area contributed by atoms with E-state index in [1.807, 2.05) is 0 Å². The highest BCUT2D eigenvalue weighted by Crippen LogP contribution is 2.18. The van der Waals surface area contributed by atoms with E-state index < -0.39 is 10.0 Å². The van der Waals surface area contributed by atoms with E-state index in [1.165, 1.54) is 12.3 Å². The van der Waals surface area contributed by atoms with Gasteiger partial charge in [-0.2, -0.15) is 5.10 Å². The van der Waals surface area contributed by atoms with Gasteiger partial charge in [-0.1, -0.05) is 0 Å². The van der Waals surface area contributed by atoms with E-state index in [4.69, 9.17) is 0 Å². The molecule has 1 aliphatic rings. The minimum atomic E-state index is -3.43. The molecule has 6 nitrogen and oxygen atoms in total. The molecule has 1 aromatic rings. The lowest BCUT2D eigenvalue weighted by Gasteiger charge is -2.20. The normalized spacial score (nSPS) is 21.8. The van der Waals surface area contributed by atoms with Crippen LogP contribution in [0.3, 0.4) is 0 Å². The fourth-order valence-electron chi connectivity index (χ4n) is 2.20. The maximum absolute atomic E-state index is 11.9. The molecule has 0 radical (unpaired) electrons. The molecule has 0 aliphatic carbocycles. The maximum Gasteiger partial charge on any atom is 0.257 e. The molecule has 2 N–H and O–H groups in total. The van der Waals surface area contributed by atoms with Crippen LogP contribution in [0.25, 0.3) is 0 Å². The van der Waals surface area contributed by atoms with Crippen molar-refractivity contribution >= 4 is 10.0 Å². The van der Waals surface area contributed by atoms with Gasteiger partial charge in [-0.3, -0.25) is 5.10 Å². The summed E-state index contributed by atoms with van der Waals surface area (Å²) in [5.74, 6) is 0.394. The van der Waals surface area contributed by atoms with Crippen molar-refractivity contribution in [3.8, 4) is 0 Å². The zero-order chi connectivity index (χ0) is 13.2. The van der Waals surface area contributed by atoms with Gasteiger partial charge in [0.25, 0.3) is 10.0 Å². The fourth-order valence-corrected chi connectivity index (χ4v) is 3.22. The first-order chi connectivity index (χ1) is 8.49. The van der Waals surface area contributed by atoms with Gasteiger partial charge in [0.05, 0.1) is 6.20 Å². The van der Waals surface area contributed by atoms with Crippen LogP contribution in [0.2, 0.25) is 0 Å². The number of aromatic nitrogens is 2. The first-order valence-electron chi connectivity index (χ1n) is 6.22. The van der Waals surface area contributed by atoms with E-state index in [-0.39, 0.29) is 5.03 Å². The van der Waals surface area contributed by atoms with E-state index in [1.54, 1.807) is 0 Å². The molecule has 0 aromatic carbocycles. The highest BCUT2D eigenvalue weighted by molar-refractivity contribution is 7.89. The lowest BCUT2D eigenvalue weighted by atomic mass is 10.1. The second-order valence-corrected chi connectivity index (χ2v) is 6.75. The van der Waals surface area contributed by atoms with Gasteiger partial charge in [0.2, 0.25) is 0 Å². The molecule has 0 bridgehead atoms. The van der Waals surface area contributed by atoms with Crippen LogP contribution in [-0.4, -0.2) is 49.2 Å². The van der Waals surface area contributed by atoms with Gasteiger partial charge in [-0.15, -0.1) is 0 Å². The molecule has 1 saturated heterocycles. The van der Waals surface area contributed by atoms with Crippen molar-refractivity contribution in [1.82, 2.24) is 19.8 Å². The second-order valence-electron chi connectivity index (χ2n) is 5.02. The van der Waals surface area contributed by atoms with Crippen molar-refractivity contribution in [2.75, 3.05) is 19.6 Å². The van der Waals surface area contributed by atoms with Gasteiger partial charge in [-0.05, 0) is 38.8 Å². The number of hydrogen-bond acceptors (Lipinski definition) is 4. The average Bonchev–Trinajstić information content (AvgIpc) is 2.98. The second kappa shape index (κ2) is 5.38. The predicted octanol–water partition coefficient (Wildman–Crippen LogP) is 0.418. The smallest absolute Gasteiger partial charge is 0.257 e. The Labute approximate surface area is 108 Å². The van der Waals surface area contributed by atoms with Gasteiger partial charge in [0.1, 0.15) is 0 Å². The van der Waals surface area contributed by atoms with Crippen LogP contribution >= 0.6 is 0 Å². The highest BCUT2D eigenvalue weighted by atomic mass is 32.2. The van der Waals surface area contributed by atoms with Gasteiger partial charge in [0.15, 0.2) is 5.03 Å². The molecule has 1 unspecified atom stereocenters. The van der Waals surface area contributed by atoms with Crippen LogP contribution < -0.4 is 4.72 Å². The fraction of sp³-hybridized carbons (Fsp3) is 0.727. The summed E-state index contributed by atoms with van der Waals surface area (Å²) in [5.41, 5.74) is 0. The Morgan fingerprint density at radius 1 is 1.61 bits per heavy atom. The molecule has 0 amide bonds. The lowest BCUT2D eigenvalue weighted by molar-refractivity contribution is 0.265. The van der Waals surface area contributed by atoms with Crippen molar-refractivity contribution in [3.05, 3.63) is 12.3 Å². The van der Waals surface area contributed by atoms with Crippen LogP contribution in [0.4, 0.5) is 0 Å². The number of sulfonamides is 1. The molecule has 7 heteroatoms. The van der Waals surface area contributed by atoms with Crippen LogP contribution in [-0.2, 0) is 10.0 Å². The molecule has 1 aromatic heterocycles.